The number of nitrogens with zero attached hydrogens (tertiary/aromatic N) is 1. The highest BCUT2D eigenvalue weighted by Crippen LogP contribution is 2.18. The topological polar surface area (TPSA) is 100 Å². The lowest BCUT2D eigenvalue weighted by atomic mass is 10.3. The van der Waals surface area contributed by atoms with Gasteiger partial charge in [-0.25, -0.2) is 22.2 Å². The Morgan fingerprint density at radius 2 is 1.70 bits per heavy atom. The summed E-state index contributed by atoms with van der Waals surface area (Å²) in [4.78, 5) is 15.7. The predicted molar refractivity (Wildman–Crippen MR) is 110 cm³/mol. The molecular formula is C20H18F2N4O3S. The Labute approximate surface area is 172 Å². The molecule has 0 aliphatic carbocycles. The summed E-state index contributed by atoms with van der Waals surface area (Å²) in [5.74, 6) is -2.03. The van der Waals surface area contributed by atoms with Crippen molar-refractivity contribution >= 4 is 33.1 Å². The van der Waals surface area contributed by atoms with Crippen LogP contribution >= 0.6 is 0 Å². The van der Waals surface area contributed by atoms with Gasteiger partial charge in [0.2, 0.25) is 5.91 Å². The van der Waals surface area contributed by atoms with Gasteiger partial charge in [0.25, 0.3) is 10.0 Å². The average Bonchev–Trinajstić information content (AvgIpc) is 2.72. The van der Waals surface area contributed by atoms with Gasteiger partial charge in [0.05, 0.1) is 5.69 Å². The Morgan fingerprint density at radius 3 is 2.37 bits per heavy atom. The summed E-state index contributed by atoms with van der Waals surface area (Å²) < 4.78 is 53.1. The Kier molecular flexibility index (Phi) is 6.58. The lowest BCUT2D eigenvalue weighted by Crippen LogP contribution is -2.17. The van der Waals surface area contributed by atoms with E-state index in [0.29, 0.717) is 18.1 Å². The molecule has 7 nitrogen and oxygen atoms in total. The predicted octanol–water partition coefficient (Wildman–Crippen LogP) is 3.60. The number of amides is 1. The fourth-order valence-electron chi connectivity index (χ4n) is 2.47. The van der Waals surface area contributed by atoms with Crippen LogP contribution in [0, 0.1) is 11.6 Å². The molecule has 156 valence electrons. The zero-order valence-electron chi connectivity index (χ0n) is 15.6. The van der Waals surface area contributed by atoms with Gasteiger partial charge in [0.1, 0.15) is 10.7 Å². The number of hydrogen-bond acceptors (Lipinski definition) is 5. The summed E-state index contributed by atoms with van der Waals surface area (Å²) >= 11 is 0. The van der Waals surface area contributed by atoms with Crippen molar-refractivity contribution in [2.24, 2.45) is 0 Å². The van der Waals surface area contributed by atoms with Gasteiger partial charge in [-0.1, -0.05) is 18.2 Å². The number of pyridine rings is 1. The maximum Gasteiger partial charge on any atom is 0.263 e. The van der Waals surface area contributed by atoms with E-state index < -0.39 is 21.7 Å². The number of sulfonamides is 1. The molecule has 0 unspecified atom stereocenters. The van der Waals surface area contributed by atoms with Crippen LogP contribution in [0.3, 0.4) is 0 Å². The van der Waals surface area contributed by atoms with Gasteiger partial charge in [-0.05, 0) is 36.4 Å². The highest BCUT2D eigenvalue weighted by molar-refractivity contribution is 7.92. The number of carbonyl (C=O) groups excluding carboxylic acids is 1. The number of benzene rings is 2. The molecule has 1 amide bonds. The zero-order chi connectivity index (χ0) is 21.6. The van der Waals surface area contributed by atoms with E-state index in [2.05, 4.69) is 20.3 Å². The van der Waals surface area contributed by atoms with Crippen LogP contribution in [-0.2, 0) is 14.8 Å². The minimum absolute atomic E-state index is 0.111. The molecule has 0 fully saturated rings. The third-order valence-corrected chi connectivity index (χ3v) is 5.30. The van der Waals surface area contributed by atoms with E-state index in [0.717, 1.165) is 24.4 Å². The van der Waals surface area contributed by atoms with Gasteiger partial charge in [0.15, 0.2) is 11.6 Å². The molecule has 0 saturated heterocycles. The maximum atomic E-state index is 13.2. The SMILES string of the molecule is O=C(CCNc1ccc(S(=O)(=O)Nc2ccc(F)c(F)c2)cn1)Nc1ccccc1. The van der Waals surface area contributed by atoms with E-state index in [-0.39, 0.29) is 22.9 Å². The smallest absolute Gasteiger partial charge is 0.263 e. The first kappa shape index (κ1) is 21.2. The number of aromatic nitrogens is 1. The quantitative estimate of drug-likeness (QED) is 0.505. The molecular weight excluding hydrogens is 414 g/mol. The van der Waals surface area contributed by atoms with Crippen molar-refractivity contribution in [3.05, 3.63) is 78.5 Å². The number of anilines is 3. The van der Waals surface area contributed by atoms with Crippen LogP contribution in [0.15, 0.2) is 71.8 Å². The summed E-state index contributed by atoms with van der Waals surface area (Å²) in [7, 11) is -4.02. The lowest BCUT2D eigenvalue weighted by molar-refractivity contribution is -0.115. The standard InChI is InChI=1S/C20H18F2N4O3S/c21-17-8-6-15(12-18(17)22)26-30(28,29)16-7-9-19(24-13-16)23-11-10-20(27)25-14-4-2-1-3-5-14/h1-9,12-13,26H,10-11H2,(H,23,24)(H,25,27). The molecule has 3 rings (SSSR count). The molecule has 3 aromatic rings. The van der Waals surface area contributed by atoms with Crippen molar-refractivity contribution in [2.75, 3.05) is 21.9 Å². The number of rotatable bonds is 8. The molecule has 10 heteroatoms. The van der Waals surface area contributed by atoms with Gasteiger partial charge < -0.3 is 10.6 Å². The van der Waals surface area contributed by atoms with Crippen LogP contribution in [-0.4, -0.2) is 25.9 Å². The second-order valence-corrected chi connectivity index (χ2v) is 7.89. The van der Waals surface area contributed by atoms with E-state index in [1.807, 2.05) is 18.2 Å². The number of halogens is 2. The molecule has 0 atom stereocenters. The first-order valence-electron chi connectivity index (χ1n) is 8.86. The average molecular weight is 432 g/mol. The molecule has 1 aromatic heterocycles. The molecule has 0 bridgehead atoms. The van der Waals surface area contributed by atoms with Gasteiger partial charge in [-0.2, -0.15) is 0 Å². The van der Waals surface area contributed by atoms with E-state index >= 15 is 0 Å². The van der Waals surface area contributed by atoms with Crippen molar-refractivity contribution < 1.29 is 22.0 Å². The van der Waals surface area contributed by atoms with Crippen LogP contribution in [0.5, 0.6) is 0 Å². The van der Waals surface area contributed by atoms with Crippen molar-refractivity contribution in [1.82, 2.24) is 4.98 Å². The largest absolute Gasteiger partial charge is 0.370 e. The Bertz CT molecular complexity index is 1120. The van der Waals surface area contributed by atoms with Crippen LogP contribution in [0.1, 0.15) is 6.42 Å². The summed E-state index contributed by atoms with van der Waals surface area (Å²) in [5, 5.41) is 5.68. The third kappa shape index (κ3) is 5.74. The van der Waals surface area contributed by atoms with Crippen molar-refractivity contribution in [1.29, 1.82) is 0 Å². The Balaban J connectivity index is 1.53. The van der Waals surface area contributed by atoms with Crippen LogP contribution in [0.2, 0.25) is 0 Å². The molecule has 0 aliphatic heterocycles. The molecule has 1 heterocycles. The van der Waals surface area contributed by atoms with E-state index in [9.17, 15) is 22.0 Å². The van der Waals surface area contributed by atoms with Gasteiger partial charge in [-0.3, -0.25) is 9.52 Å². The number of hydrogen-bond donors (Lipinski definition) is 3. The van der Waals surface area contributed by atoms with Crippen LogP contribution in [0.25, 0.3) is 0 Å². The molecule has 0 spiro atoms. The molecule has 0 saturated carbocycles. The second kappa shape index (κ2) is 9.31. The van der Waals surface area contributed by atoms with Gasteiger partial charge >= 0.3 is 0 Å². The van der Waals surface area contributed by atoms with Gasteiger partial charge in [0, 0.05) is 30.9 Å². The molecule has 0 radical (unpaired) electrons. The second-order valence-electron chi connectivity index (χ2n) is 6.20. The fourth-order valence-corrected chi connectivity index (χ4v) is 3.46. The van der Waals surface area contributed by atoms with E-state index in [4.69, 9.17) is 0 Å². The van der Waals surface area contributed by atoms with Gasteiger partial charge in [-0.15, -0.1) is 0 Å². The molecule has 30 heavy (non-hydrogen) atoms. The van der Waals surface area contributed by atoms with Crippen molar-refractivity contribution in [2.45, 2.75) is 11.3 Å². The summed E-state index contributed by atoms with van der Waals surface area (Å²) in [6, 6.07) is 14.5. The molecule has 2 aromatic carbocycles. The summed E-state index contributed by atoms with van der Waals surface area (Å²) in [6.07, 6.45) is 1.31. The monoisotopic (exact) mass is 432 g/mol. The molecule has 0 aliphatic rings. The Morgan fingerprint density at radius 1 is 0.933 bits per heavy atom. The van der Waals surface area contributed by atoms with Crippen molar-refractivity contribution in [3.63, 3.8) is 0 Å². The van der Waals surface area contributed by atoms with Crippen molar-refractivity contribution in [3.8, 4) is 0 Å². The Hall–Kier alpha value is -3.53. The molecule has 3 N–H and O–H groups in total. The minimum atomic E-state index is -4.02. The summed E-state index contributed by atoms with van der Waals surface area (Å²) in [6.45, 7) is 0.296. The third-order valence-electron chi connectivity index (χ3n) is 3.93. The van der Waals surface area contributed by atoms with E-state index in [1.165, 1.54) is 12.1 Å². The minimum Gasteiger partial charge on any atom is -0.370 e. The number of carbonyl (C=O) groups is 1. The van der Waals surface area contributed by atoms with Crippen LogP contribution in [0.4, 0.5) is 26.0 Å². The van der Waals surface area contributed by atoms with Crippen LogP contribution < -0.4 is 15.4 Å². The lowest BCUT2D eigenvalue weighted by Gasteiger charge is -2.10. The number of para-hydroxylation sites is 1. The summed E-state index contributed by atoms with van der Waals surface area (Å²) in [5.41, 5.74) is 0.587. The van der Waals surface area contributed by atoms with E-state index in [1.54, 1.807) is 12.1 Å². The number of nitrogens with one attached hydrogen (secondary N) is 3. The zero-order valence-corrected chi connectivity index (χ0v) is 16.4. The maximum absolute atomic E-state index is 13.2. The first-order valence-corrected chi connectivity index (χ1v) is 10.3. The fraction of sp³-hybridized carbons (Fsp3) is 0.100. The normalized spacial score (nSPS) is 11.0. The highest BCUT2D eigenvalue weighted by atomic mass is 32.2. The highest BCUT2D eigenvalue weighted by Gasteiger charge is 2.16. The first-order chi connectivity index (χ1) is 14.3.